The van der Waals surface area contributed by atoms with Crippen LogP contribution in [0.4, 0.5) is 5.69 Å². The van der Waals surface area contributed by atoms with Crippen LogP contribution < -0.4 is 4.72 Å². The van der Waals surface area contributed by atoms with Crippen molar-refractivity contribution in [2.75, 3.05) is 17.0 Å². The van der Waals surface area contributed by atoms with Gasteiger partial charge in [0, 0.05) is 18.8 Å². The van der Waals surface area contributed by atoms with E-state index in [0.29, 0.717) is 31.6 Å². The van der Waals surface area contributed by atoms with Crippen molar-refractivity contribution in [2.24, 2.45) is 0 Å². The number of sulfonamides is 2. The lowest BCUT2D eigenvalue weighted by Gasteiger charge is -2.28. The lowest BCUT2D eigenvalue weighted by molar-refractivity contribution is 0.391. The smallest absolute Gasteiger partial charge is 0.235 e. The first-order chi connectivity index (χ1) is 10.7. The maximum absolute atomic E-state index is 12.2. The van der Waals surface area contributed by atoms with Crippen LogP contribution in [0.25, 0.3) is 0 Å². The predicted octanol–water partition coefficient (Wildman–Crippen LogP) is 1.93. The number of benzene rings is 1. The Bertz CT molecular complexity index is 771. The van der Waals surface area contributed by atoms with E-state index >= 15 is 0 Å². The van der Waals surface area contributed by atoms with E-state index in [1.54, 1.807) is 26.0 Å². The molecule has 0 amide bonds. The monoisotopic (exact) mass is 360 g/mol. The van der Waals surface area contributed by atoms with Crippen LogP contribution in [0.2, 0.25) is 0 Å². The molecule has 2 rings (SSSR count). The quantitative estimate of drug-likeness (QED) is 0.840. The molecular formula is C15H24N2O4S2. The summed E-state index contributed by atoms with van der Waals surface area (Å²) in [5, 5.41) is -0.528. The van der Waals surface area contributed by atoms with Gasteiger partial charge >= 0.3 is 0 Å². The molecule has 1 aliphatic rings. The number of hydrogen-bond acceptors (Lipinski definition) is 4. The highest BCUT2D eigenvalue weighted by molar-refractivity contribution is 7.93. The Balaban J connectivity index is 2.24. The summed E-state index contributed by atoms with van der Waals surface area (Å²) in [4.78, 5) is 0. The van der Waals surface area contributed by atoms with Gasteiger partial charge in [0.2, 0.25) is 20.0 Å². The second kappa shape index (κ2) is 6.78. The first-order valence-corrected chi connectivity index (χ1v) is 10.9. The zero-order valence-corrected chi connectivity index (χ0v) is 15.4. The maximum Gasteiger partial charge on any atom is 0.235 e. The molecule has 130 valence electrons. The fourth-order valence-corrected chi connectivity index (χ4v) is 4.67. The summed E-state index contributed by atoms with van der Waals surface area (Å²) in [6.45, 7) is 5.84. The summed E-state index contributed by atoms with van der Waals surface area (Å²) < 4.78 is 52.4. The highest BCUT2D eigenvalue weighted by Gasteiger charge is 2.26. The topological polar surface area (TPSA) is 83.6 Å². The minimum Gasteiger partial charge on any atom is -0.283 e. The van der Waals surface area contributed by atoms with Crippen LogP contribution in [-0.2, 0) is 33.0 Å². The van der Waals surface area contributed by atoms with E-state index in [0.717, 1.165) is 11.1 Å². The third kappa shape index (κ3) is 4.24. The van der Waals surface area contributed by atoms with E-state index in [4.69, 9.17) is 0 Å². The van der Waals surface area contributed by atoms with E-state index in [9.17, 15) is 16.8 Å². The first kappa shape index (κ1) is 18.2. The van der Waals surface area contributed by atoms with Crippen molar-refractivity contribution >= 4 is 25.7 Å². The zero-order chi connectivity index (χ0) is 17.3. The lowest BCUT2D eigenvalue weighted by atomic mass is 10.0. The highest BCUT2D eigenvalue weighted by Crippen LogP contribution is 2.25. The van der Waals surface area contributed by atoms with Gasteiger partial charge in [-0.3, -0.25) is 4.72 Å². The van der Waals surface area contributed by atoms with Crippen molar-refractivity contribution in [3.8, 4) is 0 Å². The Hall–Kier alpha value is -1.12. The van der Waals surface area contributed by atoms with Crippen LogP contribution >= 0.6 is 0 Å². The average Bonchev–Trinajstić information content (AvgIpc) is 2.45. The van der Waals surface area contributed by atoms with Crippen LogP contribution in [0, 0.1) is 0 Å². The van der Waals surface area contributed by atoms with Gasteiger partial charge in [-0.15, -0.1) is 0 Å². The summed E-state index contributed by atoms with van der Waals surface area (Å²) in [6, 6.07) is 5.34. The maximum atomic E-state index is 12.2. The summed E-state index contributed by atoms with van der Waals surface area (Å²) in [5.41, 5.74) is 2.41. The van der Waals surface area contributed by atoms with Crippen LogP contribution in [0.3, 0.4) is 0 Å². The van der Waals surface area contributed by atoms with Gasteiger partial charge in [-0.25, -0.2) is 16.8 Å². The molecule has 0 unspecified atom stereocenters. The van der Waals surface area contributed by atoms with Gasteiger partial charge in [0.15, 0.2) is 0 Å². The van der Waals surface area contributed by atoms with E-state index < -0.39 is 25.3 Å². The zero-order valence-electron chi connectivity index (χ0n) is 13.7. The standard InChI is InChI=1S/C15H24N2O4S2/c1-4-9-22(18,19)17-8-7-13-5-6-15(10-14(13)11-17)16-23(20,21)12(2)3/h5-6,10,12,16H,4,7-9,11H2,1-3H3. The fraction of sp³-hybridized carbons (Fsp3) is 0.600. The Morgan fingerprint density at radius 3 is 2.48 bits per heavy atom. The predicted molar refractivity (Wildman–Crippen MR) is 92.3 cm³/mol. The van der Waals surface area contributed by atoms with E-state index in [2.05, 4.69) is 4.72 Å². The molecule has 23 heavy (non-hydrogen) atoms. The second-order valence-electron chi connectivity index (χ2n) is 6.08. The van der Waals surface area contributed by atoms with E-state index in [1.807, 2.05) is 13.0 Å². The molecule has 0 spiro atoms. The molecule has 8 heteroatoms. The third-order valence-electron chi connectivity index (χ3n) is 3.92. The van der Waals surface area contributed by atoms with Crippen LogP contribution in [0.1, 0.15) is 38.3 Å². The molecule has 0 radical (unpaired) electrons. The Morgan fingerprint density at radius 2 is 1.87 bits per heavy atom. The molecule has 1 heterocycles. The number of hydrogen-bond donors (Lipinski definition) is 1. The minimum atomic E-state index is -3.41. The summed E-state index contributed by atoms with van der Waals surface area (Å²) >= 11 is 0. The third-order valence-corrected chi connectivity index (χ3v) is 7.70. The molecule has 1 N–H and O–H groups in total. The number of nitrogens with one attached hydrogen (secondary N) is 1. The molecule has 0 fully saturated rings. The molecule has 1 aromatic carbocycles. The van der Waals surface area contributed by atoms with Gasteiger partial charge in [0.1, 0.15) is 0 Å². The average molecular weight is 361 g/mol. The molecule has 0 aromatic heterocycles. The second-order valence-corrected chi connectivity index (χ2v) is 10.4. The number of anilines is 1. The van der Waals surface area contributed by atoms with Crippen LogP contribution in [-0.4, -0.2) is 38.7 Å². The molecule has 0 aliphatic carbocycles. The molecule has 0 saturated heterocycles. The fourth-order valence-electron chi connectivity index (χ4n) is 2.50. The van der Waals surface area contributed by atoms with E-state index in [1.165, 1.54) is 4.31 Å². The highest BCUT2D eigenvalue weighted by atomic mass is 32.2. The van der Waals surface area contributed by atoms with Gasteiger partial charge < -0.3 is 0 Å². The molecule has 0 atom stereocenters. The van der Waals surface area contributed by atoms with Crippen molar-refractivity contribution < 1.29 is 16.8 Å². The van der Waals surface area contributed by atoms with Crippen LogP contribution in [0.15, 0.2) is 18.2 Å². The Labute approximate surface area is 139 Å². The molecule has 1 aliphatic heterocycles. The van der Waals surface area contributed by atoms with Crippen LogP contribution in [0.5, 0.6) is 0 Å². The largest absolute Gasteiger partial charge is 0.283 e. The number of nitrogens with zero attached hydrogens (tertiary/aromatic N) is 1. The first-order valence-electron chi connectivity index (χ1n) is 7.77. The van der Waals surface area contributed by atoms with E-state index in [-0.39, 0.29) is 5.75 Å². The summed E-state index contributed by atoms with van der Waals surface area (Å²) in [6.07, 6.45) is 1.23. The van der Waals surface area contributed by atoms with Crippen molar-refractivity contribution in [1.29, 1.82) is 0 Å². The van der Waals surface area contributed by atoms with Gasteiger partial charge in [0.05, 0.1) is 11.0 Å². The Morgan fingerprint density at radius 1 is 1.17 bits per heavy atom. The normalized spacial score (nSPS) is 16.3. The van der Waals surface area contributed by atoms with Gasteiger partial charge in [-0.2, -0.15) is 4.31 Å². The minimum absolute atomic E-state index is 0.141. The molecular weight excluding hydrogens is 336 g/mol. The van der Waals surface area contributed by atoms with Crippen molar-refractivity contribution in [1.82, 2.24) is 4.31 Å². The van der Waals surface area contributed by atoms with Crippen molar-refractivity contribution in [3.05, 3.63) is 29.3 Å². The molecule has 1 aromatic rings. The van der Waals surface area contributed by atoms with Crippen molar-refractivity contribution in [2.45, 2.75) is 45.4 Å². The molecule has 6 nitrogen and oxygen atoms in total. The number of fused-ring (bicyclic) bond motifs is 1. The van der Waals surface area contributed by atoms with Gasteiger partial charge in [-0.1, -0.05) is 13.0 Å². The number of rotatable bonds is 6. The SMILES string of the molecule is CCCS(=O)(=O)N1CCc2ccc(NS(=O)(=O)C(C)C)cc2C1. The molecule has 0 bridgehead atoms. The summed E-state index contributed by atoms with van der Waals surface area (Å²) in [5.74, 6) is 0.141. The van der Waals surface area contributed by atoms with Gasteiger partial charge in [-0.05, 0) is 49.9 Å². The lowest BCUT2D eigenvalue weighted by Crippen LogP contribution is -2.37. The summed E-state index contributed by atoms with van der Waals surface area (Å²) in [7, 11) is -6.65. The van der Waals surface area contributed by atoms with Crippen molar-refractivity contribution in [3.63, 3.8) is 0 Å². The molecule has 0 saturated carbocycles. The van der Waals surface area contributed by atoms with Gasteiger partial charge in [0.25, 0.3) is 0 Å². The Kier molecular flexibility index (Phi) is 5.37.